The van der Waals surface area contributed by atoms with Crippen molar-refractivity contribution in [2.24, 2.45) is 11.8 Å². The molecule has 0 spiro atoms. The Balaban J connectivity index is 1.81. The summed E-state index contributed by atoms with van der Waals surface area (Å²) in [6.45, 7) is 4.89. The van der Waals surface area contributed by atoms with Gasteiger partial charge in [-0.1, -0.05) is 37.3 Å². The molecule has 18 heavy (non-hydrogen) atoms. The first-order valence-electron chi connectivity index (χ1n) is 6.66. The van der Waals surface area contributed by atoms with E-state index in [0.717, 1.165) is 32.5 Å². The highest BCUT2D eigenvalue weighted by Gasteiger charge is 2.30. The van der Waals surface area contributed by atoms with Crippen molar-refractivity contribution in [1.29, 1.82) is 0 Å². The minimum atomic E-state index is -0.634. The van der Waals surface area contributed by atoms with Gasteiger partial charge in [-0.25, -0.2) is 0 Å². The average Bonchev–Trinajstić information content (AvgIpc) is 2.37. The molecule has 2 atom stereocenters. The maximum atomic E-state index is 11.0. The number of hydrogen-bond donors (Lipinski definition) is 1. The zero-order valence-electron chi connectivity index (χ0n) is 10.9. The number of benzene rings is 1. The lowest BCUT2D eigenvalue weighted by Crippen LogP contribution is -2.42. The molecule has 3 nitrogen and oxygen atoms in total. The van der Waals surface area contributed by atoms with Crippen LogP contribution in [0.2, 0.25) is 0 Å². The molecule has 2 unspecified atom stereocenters. The van der Waals surface area contributed by atoms with Gasteiger partial charge in [0.1, 0.15) is 0 Å². The van der Waals surface area contributed by atoms with Gasteiger partial charge < -0.3 is 10.0 Å². The number of hydrogen-bond acceptors (Lipinski definition) is 2. The number of carbonyl (C=O) groups is 1. The minimum absolute atomic E-state index is 0.155. The van der Waals surface area contributed by atoms with Crippen LogP contribution in [0, 0.1) is 11.8 Å². The van der Waals surface area contributed by atoms with Crippen molar-refractivity contribution in [3.05, 3.63) is 35.9 Å². The lowest BCUT2D eigenvalue weighted by atomic mass is 9.87. The maximum Gasteiger partial charge on any atom is 0.306 e. The third kappa shape index (κ3) is 3.33. The summed E-state index contributed by atoms with van der Waals surface area (Å²) >= 11 is 0. The van der Waals surface area contributed by atoms with Crippen LogP contribution in [0.25, 0.3) is 0 Å². The summed E-state index contributed by atoms with van der Waals surface area (Å²) in [7, 11) is 0. The third-order valence-corrected chi connectivity index (χ3v) is 3.87. The number of piperidine rings is 1. The molecule has 0 radical (unpaired) electrons. The zero-order chi connectivity index (χ0) is 13.0. The van der Waals surface area contributed by atoms with Crippen molar-refractivity contribution >= 4 is 5.97 Å². The Kier molecular flexibility index (Phi) is 4.37. The fourth-order valence-corrected chi connectivity index (χ4v) is 2.73. The molecule has 0 bridgehead atoms. The van der Waals surface area contributed by atoms with Gasteiger partial charge in [0.15, 0.2) is 0 Å². The minimum Gasteiger partial charge on any atom is -0.481 e. The summed E-state index contributed by atoms with van der Waals surface area (Å²) in [5, 5.41) is 9.08. The van der Waals surface area contributed by atoms with E-state index in [1.54, 1.807) is 0 Å². The van der Waals surface area contributed by atoms with E-state index < -0.39 is 5.97 Å². The van der Waals surface area contributed by atoms with Crippen LogP contribution in [0.1, 0.15) is 18.9 Å². The van der Waals surface area contributed by atoms with Crippen LogP contribution in [-0.4, -0.2) is 35.6 Å². The zero-order valence-corrected chi connectivity index (χ0v) is 10.9. The van der Waals surface area contributed by atoms with Gasteiger partial charge >= 0.3 is 5.97 Å². The molecule has 1 aliphatic heterocycles. The number of aliphatic carboxylic acids is 1. The van der Waals surface area contributed by atoms with Crippen LogP contribution in [0.5, 0.6) is 0 Å². The summed E-state index contributed by atoms with van der Waals surface area (Å²) in [6, 6.07) is 10.5. The van der Waals surface area contributed by atoms with Crippen molar-refractivity contribution in [3.8, 4) is 0 Å². The van der Waals surface area contributed by atoms with Gasteiger partial charge in [0.2, 0.25) is 0 Å². The van der Waals surface area contributed by atoms with Crippen LogP contribution in [-0.2, 0) is 11.2 Å². The Morgan fingerprint density at radius 1 is 1.39 bits per heavy atom. The highest BCUT2D eigenvalue weighted by atomic mass is 16.4. The maximum absolute atomic E-state index is 11.0. The summed E-state index contributed by atoms with van der Waals surface area (Å²) in [5.74, 6) is -0.532. The van der Waals surface area contributed by atoms with Crippen molar-refractivity contribution in [2.75, 3.05) is 19.6 Å². The van der Waals surface area contributed by atoms with E-state index in [0.29, 0.717) is 0 Å². The van der Waals surface area contributed by atoms with Gasteiger partial charge in [-0.15, -0.1) is 0 Å². The lowest BCUT2D eigenvalue weighted by Gasteiger charge is -2.34. The second-order valence-corrected chi connectivity index (χ2v) is 5.25. The van der Waals surface area contributed by atoms with Crippen LogP contribution in [0.3, 0.4) is 0 Å². The van der Waals surface area contributed by atoms with Gasteiger partial charge in [0.05, 0.1) is 5.92 Å². The van der Waals surface area contributed by atoms with E-state index in [4.69, 9.17) is 5.11 Å². The van der Waals surface area contributed by atoms with E-state index in [2.05, 4.69) is 29.2 Å². The molecule has 2 rings (SSSR count). The predicted molar refractivity (Wildman–Crippen MR) is 71.5 cm³/mol. The van der Waals surface area contributed by atoms with Crippen LogP contribution < -0.4 is 0 Å². The normalized spacial score (nSPS) is 24.9. The Morgan fingerprint density at radius 2 is 2.11 bits per heavy atom. The second kappa shape index (κ2) is 6.01. The molecular formula is C15H21NO2. The predicted octanol–water partition coefficient (Wildman–Crippen LogP) is 2.27. The monoisotopic (exact) mass is 247 g/mol. The largest absolute Gasteiger partial charge is 0.481 e. The molecular weight excluding hydrogens is 226 g/mol. The fraction of sp³-hybridized carbons (Fsp3) is 0.533. The molecule has 0 amide bonds. The number of likely N-dealkylation sites (tertiary alicyclic amines) is 1. The molecule has 98 valence electrons. The van der Waals surface area contributed by atoms with Crippen molar-refractivity contribution < 1.29 is 9.90 Å². The number of carboxylic acid groups (broad SMARTS) is 1. The first-order chi connectivity index (χ1) is 8.66. The van der Waals surface area contributed by atoms with Crippen molar-refractivity contribution in [3.63, 3.8) is 0 Å². The molecule has 1 aromatic carbocycles. The molecule has 1 fully saturated rings. The Bertz CT molecular complexity index is 391. The molecule has 1 aliphatic rings. The molecule has 3 heteroatoms. The summed E-state index contributed by atoms with van der Waals surface area (Å²) in [5.41, 5.74) is 1.35. The first kappa shape index (κ1) is 13.1. The topological polar surface area (TPSA) is 40.5 Å². The first-order valence-corrected chi connectivity index (χ1v) is 6.66. The Morgan fingerprint density at radius 3 is 2.72 bits per heavy atom. The Labute approximate surface area is 108 Å². The highest BCUT2D eigenvalue weighted by Crippen LogP contribution is 2.23. The summed E-state index contributed by atoms with van der Waals surface area (Å²) < 4.78 is 0. The molecule has 0 aromatic heterocycles. The van der Waals surface area contributed by atoms with E-state index in [1.807, 2.05) is 13.0 Å². The number of rotatable bonds is 4. The molecule has 0 saturated carbocycles. The quantitative estimate of drug-likeness (QED) is 0.887. The molecule has 1 N–H and O–H groups in total. The van der Waals surface area contributed by atoms with E-state index >= 15 is 0 Å². The van der Waals surface area contributed by atoms with E-state index in [1.165, 1.54) is 5.56 Å². The van der Waals surface area contributed by atoms with Crippen LogP contribution in [0.4, 0.5) is 0 Å². The standard InChI is InChI=1S/C15H21NO2/c1-12-11-16(10-8-14(12)15(17)18)9-7-13-5-3-2-4-6-13/h2-6,12,14H,7-11H2,1H3,(H,17,18). The van der Waals surface area contributed by atoms with Crippen LogP contribution >= 0.6 is 0 Å². The number of nitrogens with zero attached hydrogens (tertiary/aromatic N) is 1. The fourth-order valence-electron chi connectivity index (χ4n) is 2.73. The molecule has 0 aliphatic carbocycles. The SMILES string of the molecule is CC1CN(CCc2ccccc2)CCC1C(=O)O. The molecule has 1 saturated heterocycles. The van der Waals surface area contributed by atoms with Crippen LogP contribution in [0.15, 0.2) is 30.3 Å². The van der Waals surface area contributed by atoms with Gasteiger partial charge in [-0.05, 0) is 30.9 Å². The Hall–Kier alpha value is -1.35. The molecule has 1 heterocycles. The number of carboxylic acids is 1. The highest BCUT2D eigenvalue weighted by molar-refractivity contribution is 5.70. The summed E-state index contributed by atoms with van der Waals surface area (Å²) in [6.07, 6.45) is 1.83. The second-order valence-electron chi connectivity index (χ2n) is 5.25. The van der Waals surface area contributed by atoms with Gasteiger partial charge in [0.25, 0.3) is 0 Å². The van der Waals surface area contributed by atoms with E-state index in [9.17, 15) is 4.79 Å². The summed E-state index contributed by atoms with van der Waals surface area (Å²) in [4.78, 5) is 13.4. The average molecular weight is 247 g/mol. The van der Waals surface area contributed by atoms with Crippen molar-refractivity contribution in [1.82, 2.24) is 4.90 Å². The molecule has 1 aromatic rings. The van der Waals surface area contributed by atoms with E-state index in [-0.39, 0.29) is 11.8 Å². The van der Waals surface area contributed by atoms with Crippen molar-refractivity contribution in [2.45, 2.75) is 19.8 Å². The lowest BCUT2D eigenvalue weighted by molar-refractivity contribution is -0.145. The van der Waals surface area contributed by atoms with Gasteiger partial charge in [-0.3, -0.25) is 4.79 Å². The smallest absolute Gasteiger partial charge is 0.306 e. The van der Waals surface area contributed by atoms with Gasteiger partial charge in [0, 0.05) is 13.1 Å². The third-order valence-electron chi connectivity index (χ3n) is 3.87. The van der Waals surface area contributed by atoms with Gasteiger partial charge in [-0.2, -0.15) is 0 Å².